The molecule has 0 bridgehead atoms. The molecule has 1 fully saturated rings. The molecule has 34 heavy (non-hydrogen) atoms. The van der Waals surface area contributed by atoms with E-state index in [9.17, 15) is 14.9 Å². The number of nitrogens with zero attached hydrogens (tertiary/aromatic N) is 2. The molecule has 1 saturated heterocycles. The summed E-state index contributed by atoms with van der Waals surface area (Å²) in [7, 11) is 0. The van der Waals surface area contributed by atoms with Gasteiger partial charge < -0.3 is 23.9 Å². The molecule has 0 radical (unpaired) electrons. The van der Waals surface area contributed by atoms with Gasteiger partial charge in [-0.15, -0.1) is 11.3 Å². The number of fused-ring (bicyclic) bond motifs is 1. The SMILES string of the molecule is N#Cc1c(NC(=O)/C=C/c2ccco2)sc2c1CCC(COC(=O)OCCN1CCOCC1)C2. The number of morpholine rings is 1. The van der Waals surface area contributed by atoms with Gasteiger partial charge in [-0.3, -0.25) is 9.69 Å². The molecule has 0 aromatic carbocycles. The summed E-state index contributed by atoms with van der Waals surface area (Å²) in [4.78, 5) is 27.5. The van der Waals surface area contributed by atoms with E-state index in [4.69, 9.17) is 18.6 Å². The second-order valence-corrected chi connectivity index (χ2v) is 9.24. The molecular formula is C24H27N3O6S. The first-order valence-corrected chi connectivity index (χ1v) is 12.1. The van der Waals surface area contributed by atoms with Crippen molar-refractivity contribution in [3.63, 3.8) is 0 Å². The van der Waals surface area contributed by atoms with Crippen molar-refractivity contribution in [3.05, 3.63) is 46.2 Å². The highest BCUT2D eigenvalue weighted by atomic mass is 32.1. The molecular weight excluding hydrogens is 458 g/mol. The van der Waals surface area contributed by atoms with Crippen molar-refractivity contribution in [1.82, 2.24) is 4.90 Å². The van der Waals surface area contributed by atoms with Gasteiger partial charge in [0.2, 0.25) is 5.91 Å². The molecule has 1 aliphatic carbocycles. The van der Waals surface area contributed by atoms with E-state index in [1.807, 2.05) is 0 Å². The first kappa shape index (κ1) is 24.0. The molecule has 1 N–H and O–H groups in total. The fourth-order valence-electron chi connectivity index (χ4n) is 4.01. The van der Waals surface area contributed by atoms with Crippen LogP contribution in [0.5, 0.6) is 0 Å². The van der Waals surface area contributed by atoms with E-state index in [1.165, 1.54) is 23.7 Å². The van der Waals surface area contributed by atoms with E-state index in [0.717, 1.165) is 30.0 Å². The van der Waals surface area contributed by atoms with E-state index in [2.05, 4.69) is 16.3 Å². The number of carbonyl (C=O) groups is 2. The smallest absolute Gasteiger partial charge is 0.465 e. The molecule has 0 saturated carbocycles. The molecule has 9 nitrogen and oxygen atoms in total. The fraction of sp³-hybridized carbons (Fsp3) is 0.458. The number of hydrogen-bond acceptors (Lipinski definition) is 9. The van der Waals surface area contributed by atoms with Crippen molar-refractivity contribution >= 4 is 34.5 Å². The van der Waals surface area contributed by atoms with Gasteiger partial charge in [-0.05, 0) is 49.0 Å². The van der Waals surface area contributed by atoms with Crippen molar-refractivity contribution in [2.45, 2.75) is 19.3 Å². The maximum atomic E-state index is 12.3. The third kappa shape index (κ3) is 6.47. The highest BCUT2D eigenvalue weighted by Crippen LogP contribution is 2.39. The number of thiophene rings is 1. The molecule has 10 heteroatoms. The number of rotatable bonds is 8. The average Bonchev–Trinajstić information content (AvgIpc) is 3.49. The van der Waals surface area contributed by atoms with Crippen molar-refractivity contribution in [2.24, 2.45) is 5.92 Å². The molecule has 2 aromatic heterocycles. The normalized spacial score (nSPS) is 18.3. The molecule has 1 aliphatic heterocycles. The van der Waals surface area contributed by atoms with E-state index >= 15 is 0 Å². The van der Waals surface area contributed by atoms with Crippen LogP contribution in [0.1, 0.15) is 28.2 Å². The summed E-state index contributed by atoms with van der Waals surface area (Å²) in [6.07, 6.45) is 6.01. The molecule has 180 valence electrons. The second-order valence-electron chi connectivity index (χ2n) is 8.13. The summed E-state index contributed by atoms with van der Waals surface area (Å²) >= 11 is 1.41. The Hall–Kier alpha value is -3.13. The standard InChI is InChI=1S/C24H27N3O6S/c25-15-20-19-5-3-17(16-33-24(29)32-13-9-27-7-11-30-12-8-27)14-21(19)34-23(20)26-22(28)6-4-18-2-1-10-31-18/h1-2,4,6,10,17H,3,5,7-9,11-14,16H2,(H,26,28)/b6-4+. The molecule has 1 atom stereocenters. The monoisotopic (exact) mass is 485 g/mol. The molecule has 1 amide bonds. The number of anilines is 1. The highest BCUT2D eigenvalue weighted by Gasteiger charge is 2.27. The van der Waals surface area contributed by atoms with E-state index in [1.54, 1.807) is 18.2 Å². The van der Waals surface area contributed by atoms with E-state index in [-0.39, 0.29) is 18.4 Å². The summed E-state index contributed by atoms with van der Waals surface area (Å²) in [5, 5.41) is 13.0. The van der Waals surface area contributed by atoms with Crippen LogP contribution in [-0.4, -0.2) is 63.0 Å². The molecule has 3 heterocycles. The lowest BCUT2D eigenvalue weighted by atomic mass is 9.88. The van der Waals surface area contributed by atoms with Gasteiger partial charge in [0.05, 0.1) is 31.6 Å². The maximum absolute atomic E-state index is 12.3. The molecule has 0 spiro atoms. The number of hydrogen-bond donors (Lipinski definition) is 1. The summed E-state index contributed by atoms with van der Waals surface area (Å²) < 4.78 is 21.0. The quantitative estimate of drug-likeness (QED) is 0.447. The Bertz CT molecular complexity index is 1050. The molecule has 2 aliphatic rings. The van der Waals surface area contributed by atoms with Gasteiger partial charge in [-0.2, -0.15) is 5.26 Å². The molecule has 2 aromatic rings. The van der Waals surface area contributed by atoms with Gasteiger partial charge in [0, 0.05) is 30.6 Å². The maximum Gasteiger partial charge on any atom is 0.508 e. The predicted molar refractivity (Wildman–Crippen MR) is 125 cm³/mol. The Morgan fingerprint density at radius 1 is 1.32 bits per heavy atom. The van der Waals surface area contributed by atoms with Crippen LogP contribution in [0.25, 0.3) is 6.08 Å². The Balaban J connectivity index is 1.25. The average molecular weight is 486 g/mol. The minimum atomic E-state index is -0.653. The van der Waals surface area contributed by atoms with Crippen molar-refractivity contribution in [1.29, 1.82) is 5.26 Å². The van der Waals surface area contributed by atoms with E-state index in [0.29, 0.717) is 55.5 Å². The van der Waals surface area contributed by atoms with Crippen LogP contribution in [0.2, 0.25) is 0 Å². The van der Waals surface area contributed by atoms with Crippen LogP contribution < -0.4 is 5.32 Å². The lowest BCUT2D eigenvalue weighted by Gasteiger charge is -2.26. The van der Waals surface area contributed by atoms with Crippen LogP contribution in [-0.2, 0) is 31.8 Å². The lowest BCUT2D eigenvalue weighted by molar-refractivity contribution is -0.111. The van der Waals surface area contributed by atoms with Gasteiger partial charge >= 0.3 is 6.16 Å². The van der Waals surface area contributed by atoms with Gasteiger partial charge in [-0.25, -0.2) is 4.79 Å². The van der Waals surface area contributed by atoms with Crippen LogP contribution in [0, 0.1) is 17.2 Å². The number of amides is 1. The number of nitriles is 1. The predicted octanol–water partition coefficient (Wildman–Crippen LogP) is 3.45. The zero-order valence-electron chi connectivity index (χ0n) is 18.8. The van der Waals surface area contributed by atoms with Crippen LogP contribution >= 0.6 is 11.3 Å². The number of carbonyl (C=O) groups excluding carboxylic acids is 2. The number of furan rings is 1. The first-order valence-electron chi connectivity index (χ1n) is 11.3. The first-order chi connectivity index (χ1) is 16.6. The lowest BCUT2D eigenvalue weighted by Crippen LogP contribution is -2.38. The van der Waals surface area contributed by atoms with Crippen molar-refractivity contribution in [2.75, 3.05) is 51.4 Å². The highest BCUT2D eigenvalue weighted by molar-refractivity contribution is 7.16. The Labute approximate surface area is 201 Å². The van der Waals surface area contributed by atoms with Crippen LogP contribution in [0.15, 0.2) is 28.9 Å². The number of nitrogens with one attached hydrogen (secondary N) is 1. The summed E-state index contributed by atoms with van der Waals surface area (Å²) in [5.74, 6) is 0.390. The third-order valence-electron chi connectivity index (χ3n) is 5.83. The second kappa shape index (κ2) is 11.8. The van der Waals surface area contributed by atoms with Gasteiger partial charge in [0.15, 0.2) is 0 Å². The Morgan fingerprint density at radius 3 is 2.94 bits per heavy atom. The third-order valence-corrected chi connectivity index (χ3v) is 7.00. The van der Waals surface area contributed by atoms with Gasteiger partial charge in [-0.1, -0.05) is 0 Å². The van der Waals surface area contributed by atoms with Crippen LogP contribution in [0.4, 0.5) is 9.80 Å². The zero-order valence-corrected chi connectivity index (χ0v) is 19.6. The Morgan fingerprint density at radius 2 is 2.18 bits per heavy atom. The van der Waals surface area contributed by atoms with Gasteiger partial charge in [0.1, 0.15) is 23.4 Å². The molecule has 1 unspecified atom stereocenters. The summed E-state index contributed by atoms with van der Waals surface area (Å²) in [5.41, 5.74) is 1.49. The van der Waals surface area contributed by atoms with Crippen LogP contribution in [0.3, 0.4) is 0 Å². The minimum absolute atomic E-state index is 0.145. The summed E-state index contributed by atoms with van der Waals surface area (Å²) in [6, 6.07) is 5.72. The fourth-order valence-corrected chi connectivity index (χ4v) is 5.33. The zero-order chi connectivity index (χ0) is 23.8. The van der Waals surface area contributed by atoms with Gasteiger partial charge in [0.25, 0.3) is 0 Å². The minimum Gasteiger partial charge on any atom is -0.465 e. The molecule has 4 rings (SSSR count). The summed E-state index contributed by atoms with van der Waals surface area (Å²) in [6.45, 7) is 4.33. The largest absolute Gasteiger partial charge is 0.508 e. The topological polar surface area (TPSA) is 114 Å². The Kier molecular flexibility index (Phi) is 8.36. The van der Waals surface area contributed by atoms with Crippen molar-refractivity contribution in [3.8, 4) is 6.07 Å². The van der Waals surface area contributed by atoms with E-state index < -0.39 is 6.16 Å². The number of ether oxygens (including phenoxy) is 3. The van der Waals surface area contributed by atoms with Crippen molar-refractivity contribution < 1.29 is 28.2 Å².